The van der Waals surface area contributed by atoms with Crippen molar-refractivity contribution in [1.82, 2.24) is 0 Å². The Balaban J connectivity index is 2.48. The minimum atomic E-state index is -0.319. The largest absolute Gasteiger partial charge is 0.393 e. The first-order valence-electron chi connectivity index (χ1n) is 3.75. The van der Waals surface area contributed by atoms with Crippen LogP contribution in [0.4, 0.5) is 4.39 Å². The predicted octanol–water partition coefficient (Wildman–Crippen LogP) is 2.30. The van der Waals surface area contributed by atoms with E-state index in [-0.39, 0.29) is 11.9 Å². The van der Waals surface area contributed by atoms with Crippen molar-refractivity contribution in [2.24, 2.45) is 0 Å². The molecule has 0 aromatic heterocycles. The summed E-state index contributed by atoms with van der Waals surface area (Å²) in [6, 6.07) is 6.26. The summed E-state index contributed by atoms with van der Waals surface area (Å²) in [4.78, 5) is 0.984. The zero-order chi connectivity index (χ0) is 8.97. The highest BCUT2D eigenvalue weighted by Gasteiger charge is 1.98. The van der Waals surface area contributed by atoms with Crippen LogP contribution in [0.1, 0.15) is 6.92 Å². The summed E-state index contributed by atoms with van der Waals surface area (Å²) in [5.74, 6) is 0.419. The van der Waals surface area contributed by atoms with Crippen molar-refractivity contribution in [1.29, 1.82) is 0 Å². The van der Waals surface area contributed by atoms with Crippen LogP contribution in [-0.4, -0.2) is 17.0 Å². The molecule has 0 fully saturated rings. The summed E-state index contributed by atoms with van der Waals surface area (Å²) in [5.41, 5.74) is 0. The van der Waals surface area contributed by atoms with Gasteiger partial charge in [-0.15, -0.1) is 11.8 Å². The maximum Gasteiger partial charge on any atom is 0.123 e. The third-order valence-corrected chi connectivity index (χ3v) is 2.56. The highest BCUT2D eigenvalue weighted by molar-refractivity contribution is 7.99. The van der Waals surface area contributed by atoms with Crippen LogP contribution in [0.15, 0.2) is 29.2 Å². The monoisotopic (exact) mass is 186 g/mol. The Morgan fingerprint density at radius 1 is 1.42 bits per heavy atom. The molecule has 12 heavy (non-hydrogen) atoms. The van der Waals surface area contributed by atoms with Crippen molar-refractivity contribution in [3.8, 4) is 0 Å². The van der Waals surface area contributed by atoms with E-state index in [4.69, 9.17) is 5.11 Å². The van der Waals surface area contributed by atoms with Gasteiger partial charge in [-0.25, -0.2) is 4.39 Å². The van der Waals surface area contributed by atoms with Crippen LogP contribution in [0.3, 0.4) is 0 Å². The van der Waals surface area contributed by atoms with Crippen molar-refractivity contribution in [3.05, 3.63) is 30.1 Å². The lowest BCUT2D eigenvalue weighted by molar-refractivity contribution is 0.220. The molecule has 0 saturated carbocycles. The second-order valence-corrected chi connectivity index (χ2v) is 3.71. The van der Waals surface area contributed by atoms with Gasteiger partial charge in [0.1, 0.15) is 5.82 Å². The van der Waals surface area contributed by atoms with Gasteiger partial charge in [0.25, 0.3) is 0 Å². The summed E-state index contributed by atoms with van der Waals surface area (Å²) in [6.07, 6.45) is -0.319. The summed E-state index contributed by atoms with van der Waals surface area (Å²) >= 11 is 1.52. The zero-order valence-electron chi connectivity index (χ0n) is 6.83. The molecule has 0 aliphatic carbocycles. The average Bonchev–Trinajstić information content (AvgIpc) is 2.03. The van der Waals surface area contributed by atoms with Crippen molar-refractivity contribution < 1.29 is 9.50 Å². The zero-order valence-corrected chi connectivity index (χ0v) is 7.64. The van der Waals surface area contributed by atoms with Gasteiger partial charge in [-0.05, 0) is 31.2 Å². The molecule has 0 aliphatic rings. The minimum absolute atomic E-state index is 0.226. The molecule has 0 aliphatic heterocycles. The van der Waals surface area contributed by atoms with Crippen LogP contribution in [0.25, 0.3) is 0 Å². The van der Waals surface area contributed by atoms with Gasteiger partial charge in [0.2, 0.25) is 0 Å². The van der Waals surface area contributed by atoms with Gasteiger partial charge < -0.3 is 5.11 Å². The molecule has 0 amide bonds. The fraction of sp³-hybridized carbons (Fsp3) is 0.333. The summed E-state index contributed by atoms with van der Waals surface area (Å²) in [6.45, 7) is 1.73. The summed E-state index contributed by atoms with van der Waals surface area (Å²) < 4.78 is 12.4. The van der Waals surface area contributed by atoms with Crippen LogP contribution < -0.4 is 0 Å². The molecule has 1 nitrogen and oxygen atoms in total. The Labute approximate surface area is 75.6 Å². The fourth-order valence-corrected chi connectivity index (χ4v) is 1.51. The van der Waals surface area contributed by atoms with E-state index < -0.39 is 0 Å². The fourth-order valence-electron chi connectivity index (χ4n) is 0.748. The van der Waals surface area contributed by atoms with Gasteiger partial charge in [0, 0.05) is 10.6 Å². The van der Waals surface area contributed by atoms with Gasteiger partial charge in [-0.3, -0.25) is 0 Å². The van der Waals surface area contributed by atoms with E-state index in [2.05, 4.69) is 0 Å². The van der Waals surface area contributed by atoms with E-state index in [9.17, 15) is 4.39 Å². The van der Waals surface area contributed by atoms with Crippen LogP contribution in [-0.2, 0) is 0 Å². The highest BCUT2D eigenvalue weighted by Crippen LogP contribution is 2.18. The maximum atomic E-state index is 12.4. The molecule has 1 aromatic rings. The second kappa shape index (κ2) is 4.48. The Kier molecular flexibility index (Phi) is 3.56. The minimum Gasteiger partial charge on any atom is -0.393 e. The van der Waals surface area contributed by atoms with Crippen molar-refractivity contribution in [3.63, 3.8) is 0 Å². The number of hydrogen-bond donors (Lipinski definition) is 1. The molecule has 0 bridgehead atoms. The number of aliphatic hydroxyl groups is 1. The first kappa shape index (κ1) is 9.55. The van der Waals surface area contributed by atoms with Crippen molar-refractivity contribution in [2.75, 3.05) is 5.75 Å². The first-order valence-corrected chi connectivity index (χ1v) is 4.73. The quantitative estimate of drug-likeness (QED) is 0.731. The molecular formula is C9H11FOS. The summed E-state index contributed by atoms with van der Waals surface area (Å²) in [5, 5.41) is 8.97. The Bertz CT molecular complexity index is 233. The van der Waals surface area contributed by atoms with E-state index in [1.54, 1.807) is 19.1 Å². The number of rotatable bonds is 3. The molecule has 1 rings (SSSR count). The molecule has 66 valence electrons. The molecule has 1 unspecified atom stereocenters. The molecule has 1 atom stereocenters. The van der Waals surface area contributed by atoms with Gasteiger partial charge in [-0.2, -0.15) is 0 Å². The second-order valence-electron chi connectivity index (χ2n) is 2.61. The van der Waals surface area contributed by atoms with E-state index >= 15 is 0 Å². The smallest absolute Gasteiger partial charge is 0.123 e. The van der Waals surface area contributed by atoms with Crippen LogP contribution in [0.5, 0.6) is 0 Å². The third-order valence-electron chi connectivity index (χ3n) is 1.30. The third kappa shape index (κ3) is 3.24. The van der Waals surface area contributed by atoms with Gasteiger partial charge in [0.05, 0.1) is 6.10 Å². The normalized spacial score (nSPS) is 12.9. The number of aliphatic hydroxyl groups excluding tert-OH is 1. The van der Waals surface area contributed by atoms with E-state index in [0.717, 1.165) is 4.90 Å². The first-order chi connectivity index (χ1) is 5.68. The average molecular weight is 186 g/mol. The van der Waals surface area contributed by atoms with Gasteiger partial charge >= 0.3 is 0 Å². The molecular weight excluding hydrogens is 175 g/mol. The number of halogens is 1. The van der Waals surface area contributed by atoms with Gasteiger partial charge in [0.15, 0.2) is 0 Å². The Morgan fingerprint density at radius 3 is 2.50 bits per heavy atom. The number of hydrogen-bond acceptors (Lipinski definition) is 2. The standard InChI is InChI=1S/C9H11FOS/c1-7(11)6-12-9-4-2-8(10)3-5-9/h2-5,7,11H,6H2,1H3. The predicted molar refractivity (Wildman–Crippen MR) is 48.8 cm³/mol. The lowest BCUT2D eigenvalue weighted by Gasteiger charge is -2.02. The topological polar surface area (TPSA) is 20.2 Å². The highest BCUT2D eigenvalue weighted by atomic mass is 32.2. The summed E-state index contributed by atoms with van der Waals surface area (Å²) in [7, 11) is 0. The van der Waals surface area contributed by atoms with E-state index in [1.165, 1.54) is 23.9 Å². The molecule has 1 aromatic carbocycles. The molecule has 1 N–H and O–H groups in total. The number of thioether (sulfide) groups is 1. The molecule has 0 spiro atoms. The Morgan fingerprint density at radius 2 is 2.00 bits per heavy atom. The molecule has 0 saturated heterocycles. The lowest BCUT2D eigenvalue weighted by Crippen LogP contribution is -2.01. The van der Waals surface area contributed by atoms with E-state index in [0.29, 0.717) is 5.75 Å². The number of benzene rings is 1. The lowest BCUT2D eigenvalue weighted by atomic mass is 10.4. The van der Waals surface area contributed by atoms with Crippen molar-refractivity contribution >= 4 is 11.8 Å². The van der Waals surface area contributed by atoms with Gasteiger partial charge in [-0.1, -0.05) is 0 Å². The van der Waals surface area contributed by atoms with Crippen LogP contribution in [0, 0.1) is 5.82 Å². The molecule has 0 radical (unpaired) electrons. The Hall–Kier alpha value is -0.540. The SMILES string of the molecule is CC(O)CSc1ccc(F)cc1. The van der Waals surface area contributed by atoms with Crippen LogP contribution in [0.2, 0.25) is 0 Å². The van der Waals surface area contributed by atoms with Crippen molar-refractivity contribution in [2.45, 2.75) is 17.9 Å². The molecule has 3 heteroatoms. The van der Waals surface area contributed by atoms with E-state index in [1.807, 2.05) is 0 Å². The molecule has 0 heterocycles. The maximum absolute atomic E-state index is 12.4. The van der Waals surface area contributed by atoms with Crippen LogP contribution >= 0.6 is 11.8 Å².